The van der Waals surface area contributed by atoms with E-state index in [-0.39, 0.29) is 0 Å². The molecule has 0 amide bonds. The molecule has 0 saturated carbocycles. The highest BCUT2D eigenvalue weighted by atomic mass is 31.1. The second-order valence-corrected chi connectivity index (χ2v) is 5.56. The van der Waals surface area contributed by atoms with Gasteiger partial charge in [0.25, 0.3) is 0 Å². The van der Waals surface area contributed by atoms with E-state index in [9.17, 15) is 5.11 Å². The van der Waals surface area contributed by atoms with Crippen LogP contribution in [0.4, 0.5) is 0 Å². The predicted octanol–water partition coefficient (Wildman–Crippen LogP) is -1.19. The molecule has 0 aliphatic heterocycles. The molecule has 0 aliphatic carbocycles. The number of hydrogen-bond acceptors (Lipinski definition) is 6. The average Bonchev–Trinajstić information content (AvgIpc) is 2.49. The van der Waals surface area contributed by atoms with Gasteiger partial charge in [0.15, 0.2) is 0 Å². The van der Waals surface area contributed by atoms with Gasteiger partial charge < -0.3 is 20.4 Å². The van der Waals surface area contributed by atoms with E-state index < -0.39 is 47.8 Å². The summed E-state index contributed by atoms with van der Waals surface area (Å²) in [4.78, 5) is 28.5. The van der Waals surface area contributed by atoms with Crippen molar-refractivity contribution in [1.82, 2.24) is 0 Å². The number of aliphatic hydroxyl groups excluding tert-OH is 4. The Bertz CT molecular complexity index is 438. The fourth-order valence-electron chi connectivity index (χ4n) is 1.52. The molecule has 0 saturated heterocycles. The lowest BCUT2D eigenvalue weighted by atomic mass is 9.81. The van der Waals surface area contributed by atoms with Crippen molar-refractivity contribution >= 4 is 16.5 Å². The van der Waals surface area contributed by atoms with E-state index in [0.29, 0.717) is 6.42 Å². The van der Waals surface area contributed by atoms with Gasteiger partial charge in [-0.05, 0) is 12.0 Å². The van der Waals surface area contributed by atoms with Crippen LogP contribution in [0.3, 0.4) is 0 Å². The molecule has 1 aromatic carbocycles. The smallest absolute Gasteiger partial charge is 0.396 e. The second kappa shape index (κ2) is 14.4. The summed E-state index contributed by atoms with van der Waals surface area (Å²) in [5, 5.41) is 37.4. The molecule has 1 unspecified atom stereocenters. The maximum absolute atomic E-state index is 9.93. The van der Waals surface area contributed by atoms with Gasteiger partial charge in [0, 0.05) is 9.13 Å². The molecule has 10 nitrogen and oxygen atoms in total. The van der Waals surface area contributed by atoms with Crippen LogP contribution in [0.2, 0.25) is 0 Å². The summed E-state index contributed by atoms with van der Waals surface area (Å²) in [6, 6.07) is 9.26. The summed E-state index contributed by atoms with van der Waals surface area (Å²) in [6.07, 6.45) is -0.683. The topological polar surface area (TPSA) is 196 Å². The van der Waals surface area contributed by atoms with Crippen molar-refractivity contribution in [2.75, 3.05) is 19.8 Å². The minimum Gasteiger partial charge on any atom is -0.396 e. The van der Waals surface area contributed by atoms with Gasteiger partial charge in [-0.15, -0.1) is 19.6 Å². The fourth-order valence-corrected chi connectivity index (χ4v) is 1.52. The second-order valence-electron chi connectivity index (χ2n) is 4.55. The van der Waals surface area contributed by atoms with E-state index in [2.05, 4.69) is 0 Å². The summed E-state index contributed by atoms with van der Waals surface area (Å²) in [6.45, 7) is -1.35. The first-order chi connectivity index (χ1) is 11.1. The highest BCUT2D eigenvalue weighted by molar-refractivity contribution is 7.31. The molecule has 0 aliphatic rings. The predicted molar refractivity (Wildman–Crippen MR) is 83.9 cm³/mol. The Balaban J connectivity index is 0. The molecule has 0 fully saturated rings. The number of aliphatic hydroxyl groups is 4. The number of rotatable bonds is 6. The monoisotopic (exact) mass is 388 g/mol. The van der Waals surface area contributed by atoms with Crippen molar-refractivity contribution in [3.05, 3.63) is 35.9 Å². The van der Waals surface area contributed by atoms with E-state index in [1.807, 2.05) is 30.3 Å². The summed E-state index contributed by atoms with van der Waals surface area (Å²) in [5.74, 6) is 0. The Morgan fingerprint density at radius 2 is 1.17 bits per heavy atom. The van der Waals surface area contributed by atoms with Crippen molar-refractivity contribution in [3.63, 3.8) is 0 Å². The third-order valence-electron chi connectivity index (χ3n) is 2.92. The summed E-state index contributed by atoms with van der Waals surface area (Å²) in [7, 11) is -5.74. The maximum Gasteiger partial charge on any atom is 0.692 e. The van der Waals surface area contributed by atoms with Crippen molar-refractivity contribution in [1.29, 1.82) is 0 Å². The number of hydrogen-bond donors (Lipinski definition) is 8. The van der Waals surface area contributed by atoms with Gasteiger partial charge in [0.2, 0.25) is 0 Å². The third kappa shape index (κ3) is 12.5. The number of benzene rings is 1. The molecule has 1 aromatic rings. The molecular weight excluding hydrogens is 366 g/mol. The van der Waals surface area contributed by atoms with Gasteiger partial charge in [-0.3, -0.25) is 0 Å². The highest BCUT2D eigenvalue weighted by Crippen LogP contribution is 2.23. The summed E-state index contributed by atoms with van der Waals surface area (Å²) >= 11 is 0. The van der Waals surface area contributed by atoms with Crippen LogP contribution in [0.15, 0.2) is 30.3 Å². The van der Waals surface area contributed by atoms with E-state index in [1.165, 1.54) is 0 Å². The van der Waals surface area contributed by atoms with Crippen LogP contribution in [0, 0.1) is 5.41 Å². The van der Waals surface area contributed by atoms with Gasteiger partial charge in [0.1, 0.15) is 0 Å². The van der Waals surface area contributed by atoms with Crippen molar-refractivity contribution in [2.45, 2.75) is 12.5 Å². The molecule has 24 heavy (non-hydrogen) atoms. The summed E-state index contributed by atoms with van der Waals surface area (Å²) in [5.41, 5.74) is -0.342. The zero-order chi connectivity index (χ0) is 19.2. The molecule has 0 spiro atoms. The van der Waals surface area contributed by atoms with Gasteiger partial charge in [-0.2, -0.15) is 0 Å². The molecule has 0 aromatic heterocycles. The maximum atomic E-state index is 9.93. The Kier molecular flexibility index (Phi) is 15.3. The van der Waals surface area contributed by atoms with Crippen LogP contribution < -0.4 is 0 Å². The Morgan fingerprint density at radius 1 is 0.833 bits per heavy atom. The average molecular weight is 388 g/mol. The Morgan fingerprint density at radius 3 is 1.46 bits per heavy atom. The SMILES string of the molecule is O=[P+](O)O.O=[P+](O)O.OCC(CO)(CO)C(O)Cc1ccccc1. The fraction of sp³-hybridized carbons (Fsp3) is 0.500. The molecule has 12 heteroatoms. The first kappa shape index (κ1) is 25.3. The van der Waals surface area contributed by atoms with Crippen LogP contribution in [-0.4, -0.2) is 65.9 Å². The van der Waals surface area contributed by atoms with Crippen LogP contribution in [0.25, 0.3) is 0 Å². The molecule has 1 rings (SSSR count). The van der Waals surface area contributed by atoms with Crippen LogP contribution >= 0.6 is 16.5 Å². The van der Waals surface area contributed by atoms with Crippen LogP contribution in [0.5, 0.6) is 0 Å². The van der Waals surface area contributed by atoms with E-state index in [0.717, 1.165) is 5.56 Å². The lowest BCUT2D eigenvalue weighted by molar-refractivity contribution is -0.0823. The van der Waals surface area contributed by atoms with Crippen molar-refractivity contribution in [3.8, 4) is 0 Å². The zero-order valence-corrected chi connectivity index (χ0v) is 14.4. The van der Waals surface area contributed by atoms with Crippen molar-refractivity contribution < 1.29 is 49.1 Å². The third-order valence-corrected chi connectivity index (χ3v) is 2.92. The lowest BCUT2D eigenvalue weighted by Crippen LogP contribution is -2.46. The Hall–Kier alpha value is -0.900. The standard InChI is InChI=1S/C12H18O4.2HO3P/c13-7-12(8-14,9-15)11(16)6-10-4-2-1-3-5-10;2*1-4(2)3/h1-5,11,13-16H,6-9H2;2*(H-,1,2,3)/p+2. The zero-order valence-electron chi connectivity index (χ0n) is 12.6. The molecule has 8 N–H and O–H groups in total. The van der Waals surface area contributed by atoms with Gasteiger partial charge in [-0.1, -0.05) is 30.3 Å². The first-order valence-electron chi connectivity index (χ1n) is 6.39. The van der Waals surface area contributed by atoms with E-state index in [4.69, 9.17) is 44.0 Å². The molecular formula is C12H22O10P2+2. The first-order valence-corrected chi connectivity index (χ1v) is 8.72. The molecule has 0 bridgehead atoms. The van der Waals surface area contributed by atoms with E-state index >= 15 is 0 Å². The largest absolute Gasteiger partial charge is 0.692 e. The van der Waals surface area contributed by atoms with Gasteiger partial charge in [-0.25, -0.2) is 0 Å². The van der Waals surface area contributed by atoms with Gasteiger partial charge in [0.05, 0.1) is 31.3 Å². The molecule has 138 valence electrons. The van der Waals surface area contributed by atoms with Crippen molar-refractivity contribution in [2.24, 2.45) is 5.41 Å². The molecule has 1 atom stereocenters. The Labute approximate surface area is 140 Å². The van der Waals surface area contributed by atoms with Crippen LogP contribution in [0.1, 0.15) is 5.56 Å². The quantitative estimate of drug-likeness (QED) is 0.274. The minimum atomic E-state index is -2.87. The van der Waals surface area contributed by atoms with E-state index in [1.54, 1.807) is 0 Å². The highest BCUT2D eigenvalue weighted by Gasteiger charge is 2.36. The van der Waals surface area contributed by atoms with Crippen LogP contribution in [-0.2, 0) is 15.6 Å². The molecule has 0 radical (unpaired) electrons. The van der Waals surface area contributed by atoms with Gasteiger partial charge >= 0.3 is 16.5 Å². The minimum absolute atomic E-state index is 0.294. The lowest BCUT2D eigenvalue weighted by Gasteiger charge is -2.32. The molecule has 0 heterocycles. The normalized spacial score (nSPS) is 11.3. The summed E-state index contributed by atoms with van der Waals surface area (Å²) < 4.78 is 17.4.